The molecule has 0 bridgehead atoms. The molecule has 0 unspecified atom stereocenters. The third-order valence-electron chi connectivity index (χ3n) is 0.408. The molecule has 0 aromatic heterocycles. The van der Waals surface area contributed by atoms with Gasteiger partial charge in [-0.25, -0.2) is 0 Å². The van der Waals surface area contributed by atoms with Gasteiger partial charge in [0.15, 0.2) is 0 Å². The fourth-order valence-corrected chi connectivity index (χ4v) is 0.204. The second-order valence-electron chi connectivity index (χ2n) is 0.781. The summed E-state index contributed by atoms with van der Waals surface area (Å²) in [5.41, 5.74) is 0. The molecular formula is C4H12KNaO. The van der Waals surface area contributed by atoms with Crippen LogP contribution in [-0.4, -0.2) is 13.2 Å². The van der Waals surface area contributed by atoms with Crippen molar-refractivity contribution in [1.82, 2.24) is 0 Å². The number of hydrogen-bond donors (Lipinski definition) is 0. The summed E-state index contributed by atoms with van der Waals surface area (Å²) in [7, 11) is 0. The molecule has 0 aromatic rings. The van der Waals surface area contributed by atoms with E-state index >= 15 is 0 Å². The van der Waals surface area contributed by atoms with Gasteiger partial charge < -0.3 is 7.59 Å². The molecule has 0 spiro atoms. The van der Waals surface area contributed by atoms with Crippen molar-refractivity contribution in [2.24, 2.45) is 0 Å². The molecule has 0 saturated heterocycles. The van der Waals surface area contributed by atoms with Crippen molar-refractivity contribution in [3.8, 4) is 0 Å². The van der Waals surface area contributed by atoms with E-state index in [1.807, 2.05) is 13.8 Å². The molecule has 1 nitrogen and oxygen atoms in total. The molecule has 0 N–H and O–H groups in total. The van der Waals surface area contributed by atoms with Crippen LogP contribution in [0.2, 0.25) is 0 Å². The van der Waals surface area contributed by atoms with Crippen molar-refractivity contribution in [3.63, 3.8) is 0 Å². The van der Waals surface area contributed by atoms with E-state index in [-0.39, 0.29) is 83.8 Å². The fourth-order valence-electron chi connectivity index (χ4n) is 0.204. The van der Waals surface area contributed by atoms with E-state index in [2.05, 4.69) is 0 Å². The van der Waals surface area contributed by atoms with Gasteiger partial charge in [0.05, 0.1) is 0 Å². The molecule has 0 saturated carbocycles. The van der Waals surface area contributed by atoms with E-state index in [1.165, 1.54) is 0 Å². The van der Waals surface area contributed by atoms with Gasteiger partial charge in [-0.05, 0) is 13.8 Å². The third-order valence-corrected chi connectivity index (χ3v) is 0.408. The first kappa shape index (κ1) is 16.3. The van der Waals surface area contributed by atoms with Crippen molar-refractivity contribution >= 4 is 0 Å². The van der Waals surface area contributed by atoms with Crippen molar-refractivity contribution < 1.29 is 88.5 Å². The molecule has 0 aliphatic carbocycles. The molecule has 0 rings (SSSR count). The SMILES string of the molecule is CCOCC.[H-].[H-].[K+].[Na+]. The van der Waals surface area contributed by atoms with Gasteiger partial charge in [-0.3, -0.25) is 0 Å². The second-order valence-corrected chi connectivity index (χ2v) is 0.781. The maximum atomic E-state index is 4.83. The Bertz CT molecular complexity index is 26.0. The molecule has 3 heteroatoms. The number of rotatable bonds is 2. The predicted molar refractivity (Wildman–Crippen MR) is 24.4 cm³/mol. The Labute approximate surface area is 113 Å². The van der Waals surface area contributed by atoms with Crippen molar-refractivity contribution in [1.29, 1.82) is 0 Å². The minimum Gasteiger partial charge on any atom is -1.00 e. The summed E-state index contributed by atoms with van der Waals surface area (Å²) in [6.07, 6.45) is 0. The van der Waals surface area contributed by atoms with E-state index in [0.717, 1.165) is 13.2 Å². The summed E-state index contributed by atoms with van der Waals surface area (Å²) in [5.74, 6) is 0. The Kier molecular flexibility index (Phi) is 36.9. The van der Waals surface area contributed by atoms with Crippen LogP contribution in [0.1, 0.15) is 16.7 Å². The zero-order valence-corrected chi connectivity index (χ0v) is 10.9. The molecular weight excluding hydrogens is 126 g/mol. The topological polar surface area (TPSA) is 9.23 Å². The molecule has 0 fully saturated rings. The smallest absolute Gasteiger partial charge is 1.00 e. The molecule has 36 valence electrons. The van der Waals surface area contributed by atoms with Gasteiger partial charge in [-0.15, -0.1) is 0 Å². The largest absolute Gasteiger partial charge is 1.00 e. The van der Waals surface area contributed by atoms with Crippen LogP contribution in [0.15, 0.2) is 0 Å². The Hall–Kier alpha value is 2.60. The minimum atomic E-state index is 0. The second kappa shape index (κ2) is 15.8. The first-order valence-corrected chi connectivity index (χ1v) is 1.99. The van der Waals surface area contributed by atoms with E-state index in [1.54, 1.807) is 0 Å². The summed E-state index contributed by atoms with van der Waals surface area (Å²) < 4.78 is 4.83. The van der Waals surface area contributed by atoms with Crippen LogP contribution < -0.4 is 80.9 Å². The average Bonchev–Trinajstić information content (AvgIpc) is 1.41. The number of ether oxygens (including phenoxy) is 1. The van der Waals surface area contributed by atoms with Gasteiger partial charge in [0, 0.05) is 13.2 Å². The summed E-state index contributed by atoms with van der Waals surface area (Å²) >= 11 is 0. The zero-order chi connectivity index (χ0) is 4.12. The molecule has 7 heavy (non-hydrogen) atoms. The first-order valence-electron chi connectivity index (χ1n) is 1.99. The molecule has 0 aliphatic heterocycles. The van der Waals surface area contributed by atoms with Gasteiger partial charge in [-0.1, -0.05) is 0 Å². The molecule has 0 radical (unpaired) electrons. The van der Waals surface area contributed by atoms with Crippen LogP contribution in [0.4, 0.5) is 0 Å². The molecule has 0 atom stereocenters. The molecule has 0 heterocycles. The van der Waals surface area contributed by atoms with Crippen molar-refractivity contribution in [2.75, 3.05) is 13.2 Å². The van der Waals surface area contributed by atoms with Crippen LogP contribution in [-0.2, 0) is 4.74 Å². The van der Waals surface area contributed by atoms with E-state index in [9.17, 15) is 0 Å². The molecule has 0 aromatic carbocycles. The van der Waals surface area contributed by atoms with Gasteiger partial charge in [0.1, 0.15) is 0 Å². The monoisotopic (exact) mass is 138 g/mol. The maximum absolute atomic E-state index is 4.83. The predicted octanol–water partition coefficient (Wildman–Crippen LogP) is -4.72. The molecule has 0 amide bonds. The Morgan fingerprint density at radius 2 is 1.57 bits per heavy atom. The Balaban J connectivity index is -0.0000000133. The third kappa shape index (κ3) is 17.7. The summed E-state index contributed by atoms with van der Waals surface area (Å²) in [5, 5.41) is 0. The van der Waals surface area contributed by atoms with Gasteiger partial charge in [0.25, 0.3) is 0 Å². The Morgan fingerprint density at radius 3 is 1.57 bits per heavy atom. The van der Waals surface area contributed by atoms with E-state index in [4.69, 9.17) is 4.74 Å². The first-order chi connectivity index (χ1) is 2.41. The van der Waals surface area contributed by atoms with Crippen molar-refractivity contribution in [3.05, 3.63) is 0 Å². The normalized spacial score (nSPS) is 6.00. The summed E-state index contributed by atoms with van der Waals surface area (Å²) in [6.45, 7) is 5.67. The van der Waals surface area contributed by atoms with E-state index < -0.39 is 0 Å². The van der Waals surface area contributed by atoms with Crippen LogP contribution in [0.3, 0.4) is 0 Å². The molecule has 0 aliphatic rings. The Morgan fingerprint density at radius 1 is 1.29 bits per heavy atom. The summed E-state index contributed by atoms with van der Waals surface area (Å²) in [6, 6.07) is 0. The number of hydrogen-bond acceptors (Lipinski definition) is 1. The van der Waals surface area contributed by atoms with Crippen LogP contribution in [0.5, 0.6) is 0 Å². The standard InChI is InChI=1S/C4H10O.K.Na.2H/c1-3-5-4-2;;;;/h3-4H2,1-2H3;;;;/q;2*+1;2*-1. The average molecular weight is 138 g/mol. The van der Waals surface area contributed by atoms with Crippen LogP contribution in [0.25, 0.3) is 0 Å². The zero-order valence-electron chi connectivity index (χ0n) is 7.82. The fraction of sp³-hybridized carbons (Fsp3) is 1.00. The quantitative estimate of drug-likeness (QED) is 0.348. The maximum Gasteiger partial charge on any atom is 1.00 e. The van der Waals surface area contributed by atoms with E-state index in [0.29, 0.717) is 0 Å². The van der Waals surface area contributed by atoms with Gasteiger partial charge >= 0.3 is 80.9 Å². The van der Waals surface area contributed by atoms with Crippen LogP contribution in [0, 0.1) is 0 Å². The summed E-state index contributed by atoms with van der Waals surface area (Å²) in [4.78, 5) is 0. The minimum absolute atomic E-state index is 0. The van der Waals surface area contributed by atoms with Crippen LogP contribution >= 0.6 is 0 Å². The van der Waals surface area contributed by atoms with Crippen molar-refractivity contribution in [2.45, 2.75) is 13.8 Å². The van der Waals surface area contributed by atoms with Gasteiger partial charge in [0.2, 0.25) is 0 Å². The van der Waals surface area contributed by atoms with Gasteiger partial charge in [-0.2, -0.15) is 0 Å².